The van der Waals surface area contributed by atoms with E-state index in [-0.39, 0.29) is 5.12 Å². The highest BCUT2D eigenvalue weighted by atomic mass is 35.5. The summed E-state index contributed by atoms with van der Waals surface area (Å²) < 4.78 is 5.06. The lowest BCUT2D eigenvalue weighted by Gasteiger charge is -2.09. The molecule has 82 valence electrons. The Bertz CT molecular complexity index is 472. The Morgan fingerprint density at radius 1 is 1.38 bits per heavy atom. The fraction of sp³-hybridized carbons (Fsp3) is 0.100. The molecule has 0 aliphatic carbocycles. The van der Waals surface area contributed by atoms with Crippen LogP contribution >= 0.6 is 23.7 Å². The molecule has 0 fully saturated rings. The van der Waals surface area contributed by atoms with Gasteiger partial charge in [0.15, 0.2) is 5.71 Å². The van der Waals surface area contributed by atoms with E-state index in [1.54, 1.807) is 19.1 Å². The van der Waals surface area contributed by atoms with Crippen LogP contribution in [0.25, 0.3) is 0 Å². The van der Waals surface area contributed by atoms with Gasteiger partial charge in [-0.3, -0.25) is 4.79 Å². The van der Waals surface area contributed by atoms with Crippen molar-refractivity contribution >= 4 is 46.0 Å². The van der Waals surface area contributed by atoms with Crippen molar-refractivity contribution in [2.24, 2.45) is 9.50 Å². The van der Waals surface area contributed by atoms with Crippen LogP contribution in [0.5, 0.6) is 0 Å². The molecule has 1 aromatic rings. The number of hydrogen-bond donors (Lipinski definition) is 0. The monoisotopic (exact) mass is 253 g/mol. The molecule has 0 bridgehead atoms. The second-order valence-electron chi connectivity index (χ2n) is 3.10. The minimum absolute atomic E-state index is 0.181. The van der Waals surface area contributed by atoms with Gasteiger partial charge in [-0.25, -0.2) is 4.40 Å². The largest absolute Gasteiger partial charge is 0.278 e. The minimum Gasteiger partial charge on any atom is -0.278 e. The van der Waals surface area contributed by atoms with Gasteiger partial charge >= 0.3 is 0 Å². The number of anilines is 1. The van der Waals surface area contributed by atoms with E-state index < -0.39 is 0 Å². The van der Waals surface area contributed by atoms with Gasteiger partial charge in [-0.2, -0.15) is 9.63 Å². The van der Waals surface area contributed by atoms with Crippen LogP contribution in [-0.2, 0) is 4.79 Å². The molecule has 0 atom stereocenters. The fourth-order valence-corrected chi connectivity index (χ4v) is 1.92. The Morgan fingerprint density at radius 2 is 2.06 bits per heavy atom. The summed E-state index contributed by atoms with van der Waals surface area (Å²) in [5, 5.41) is 3.84. The van der Waals surface area contributed by atoms with Gasteiger partial charge in [0, 0.05) is 11.8 Å². The van der Waals surface area contributed by atoms with Crippen molar-refractivity contribution in [3.8, 4) is 0 Å². The number of carbonyl (C=O) groups is 1. The molecule has 0 unspecified atom stereocenters. The summed E-state index contributed by atoms with van der Waals surface area (Å²) >= 11 is 6.83. The van der Waals surface area contributed by atoms with Crippen LogP contribution in [-0.4, -0.2) is 16.5 Å². The molecular weight excluding hydrogens is 246 g/mol. The van der Waals surface area contributed by atoms with Gasteiger partial charge in [0.2, 0.25) is 0 Å². The van der Waals surface area contributed by atoms with Crippen LogP contribution < -0.4 is 4.53 Å². The third-order valence-electron chi connectivity index (χ3n) is 1.96. The number of nitrogens with zero attached hydrogens (tertiary/aromatic N) is 3. The van der Waals surface area contributed by atoms with Gasteiger partial charge in [0.05, 0.1) is 23.3 Å². The van der Waals surface area contributed by atoms with E-state index in [2.05, 4.69) is 9.50 Å². The van der Waals surface area contributed by atoms with E-state index >= 15 is 0 Å². The molecule has 0 radical (unpaired) electrons. The van der Waals surface area contributed by atoms with E-state index in [1.807, 2.05) is 18.2 Å². The highest BCUT2D eigenvalue weighted by molar-refractivity contribution is 8.15. The number of hydrazone groups is 1. The number of rotatable bonds is 2. The summed E-state index contributed by atoms with van der Waals surface area (Å²) in [5.74, 6) is 0. The average molecular weight is 254 g/mol. The highest BCUT2D eigenvalue weighted by Crippen LogP contribution is 2.20. The Balaban J connectivity index is 2.25. The van der Waals surface area contributed by atoms with Crippen LogP contribution in [0.1, 0.15) is 6.92 Å². The second kappa shape index (κ2) is 4.67. The predicted molar refractivity (Wildman–Crippen MR) is 67.9 cm³/mol. The molecule has 2 rings (SSSR count). The zero-order valence-electron chi connectivity index (χ0n) is 8.42. The van der Waals surface area contributed by atoms with Gasteiger partial charge in [-0.1, -0.05) is 18.2 Å². The van der Waals surface area contributed by atoms with Crippen LogP contribution in [0.15, 0.2) is 39.8 Å². The van der Waals surface area contributed by atoms with Crippen LogP contribution in [0.3, 0.4) is 0 Å². The topological polar surface area (TPSA) is 45.0 Å². The average Bonchev–Trinajstić information content (AvgIpc) is 2.62. The molecular formula is C10H8ClN3OS. The van der Waals surface area contributed by atoms with Crippen LogP contribution in [0.4, 0.5) is 5.69 Å². The van der Waals surface area contributed by atoms with E-state index in [0.717, 1.165) is 16.5 Å². The predicted octanol–water partition coefficient (Wildman–Crippen LogP) is 2.65. The summed E-state index contributed by atoms with van der Waals surface area (Å²) in [4.78, 5) is 11.4. The summed E-state index contributed by atoms with van der Waals surface area (Å²) in [6.07, 6.45) is 0. The van der Waals surface area contributed by atoms with E-state index in [4.69, 9.17) is 11.8 Å². The molecule has 6 heteroatoms. The standard InChI is InChI=1S/C10H8ClN3OS/c1-7-9(10(15)16-13-7)12-14(11)8-5-3-2-4-6-8/h2-6H,1H3. The Labute approximate surface area is 102 Å². The van der Waals surface area contributed by atoms with Gasteiger partial charge in [0.25, 0.3) is 5.12 Å². The van der Waals surface area contributed by atoms with Crippen molar-refractivity contribution < 1.29 is 4.79 Å². The number of benzene rings is 1. The van der Waals surface area contributed by atoms with E-state index in [0.29, 0.717) is 17.1 Å². The molecule has 1 heterocycles. The summed E-state index contributed by atoms with van der Waals surface area (Å²) in [5.41, 5.74) is 1.59. The molecule has 1 aliphatic heterocycles. The SMILES string of the molecule is CC1=NSC(=O)C1=NN(Cl)c1ccccc1. The first-order chi connectivity index (χ1) is 7.68. The molecule has 0 saturated carbocycles. The lowest BCUT2D eigenvalue weighted by Crippen LogP contribution is -2.17. The van der Waals surface area contributed by atoms with Gasteiger partial charge in [-0.05, 0) is 19.1 Å². The van der Waals surface area contributed by atoms with Gasteiger partial charge < -0.3 is 0 Å². The normalized spacial score (nSPS) is 17.8. The highest BCUT2D eigenvalue weighted by Gasteiger charge is 2.23. The van der Waals surface area contributed by atoms with Gasteiger partial charge in [-0.15, -0.1) is 0 Å². The number of halogens is 1. The molecule has 0 saturated heterocycles. The summed E-state index contributed by atoms with van der Waals surface area (Å²) in [6.45, 7) is 1.73. The van der Waals surface area contributed by atoms with Crippen molar-refractivity contribution in [3.63, 3.8) is 0 Å². The summed E-state index contributed by atoms with van der Waals surface area (Å²) in [6, 6.07) is 9.17. The van der Waals surface area contributed by atoms with Gasteiger partial charge in [0.1, 0.15) is 0 Å². The smallest absolute Gasteiger partial charge is 0.263 e. The number of hydrogen-bond acceptors (Lipinski definition) is 5. The van der Waals surface area contributed by atoms with Crippen molar-refractivity contribution in [1.82, 2.24) is 0 Å². The molecule has 0 spiro atoms. The fourth-order valence-electron chi connectivity index (χ4n) is 1.15. The first kappa shape index (κ1) is 11.2. The summed E-state index contributed by atoms with van der Waals surface area (Å²) in [7, 11) is 0. The minimum atomic E-state index is -0.181. The van der Waals surface area contributed by atoms with E-state index in [1.165, 1.54) is 0 Å². The molecule has 16 heavy (non-hydrogen) atoms. The molecule has 1 aromatic carbocycles. The zero-order chi connectivity index (χ0) is 11.5. The quantitative estimate of drug-likeness (QED) is 0.462. The Morgan fingerprint density at radius 3 is 2.62 bits per heavy atom. The maximum absolute atomic E-state index is 11.4. The van der Waals surface area contributed by atoms with Crippen molar-refractivity contribution in [2.75, 3.05) is 4.53 Å². The first-order valence-corrected chi connectivity index (χ1v) is 5.65. The third-order valence-corrected chi connectivity index (χ3v) is 2.95. The third kappa shape index (κ3) is 2.25. The van der Waals surface area contributed by atoms with Crippen LogP contribution in [0, 0.1) is 0 Å². The Hall–Kier alpha value is -1.33. The maximum Gasteiger partial charge on any atom is 0.263 e. The molecule has 0 N–H and O–H groups in total. The second-order valence-corrected chi connectivity index (χ2v) is 4.16. The molecule has 4 nitrogen and oxygen atoms in total. The molecule has 0 amide bonds. The first-order valence-electron chi connectivity index (χ1n) is 4.54. The molecule has 1 aliphatic rings. The van der Waals surface area contributed by atoms with Crippen molar-refractivity contribution in [1.29, 1.82) is 0 Å². The van der Waals surface area contributed by atoms with Crippen molar-refractivity contribution in [3.05, 3.63) is 30.3 Å². The Kier molecular flexibility index (Phi) is 3.26. The lowest BCUT2D eigenvalue weighted by atomic mass is 10.3. The van der Waals surface area contributed by atoms with E-state index in [9.17, 15) is 4.79 Å². The maximum atomic E-state index is 11.4. The van der Waals surface area contributed by atoms with Crippen molar-refractivity contribution in [2.45, 2.75) is 6.92 Å². The number of para-hydroxylation sites is 1. The number of carbonyl (C=O) groups excluding carboxylic acids is 1. The lowest BCUT2D eigenvalue weighted by molar-refractivity contribution is -0.105. The molecule has 0 aromatic heterocycles. The zero-order valence-corrected chi connectivity index (χ0v) is 10.00. The van der Waals surface area contributed by atoms with Crippen LogP contribution in [0.2, 0.25) is 0 Å².